The van der Waals surface area contributed by atoms with Gasteiger partial charge in [-0.15, -0.1) is 0 Å². The largest absolute Gasteiger partial charge is 0.367 e. The lowest BCUT2D eigenvalue weighted by molar-refractivity contribution is 1.03. The fourth-order valence-electron chi connectivity index (χ4n) is 2.06. The molecule has 16 heavy (non-hydrogen) atoms. The highest BCUT2D eigenvalue weighted by atomic mass is 15.0. The van der Waals surface area contributed by atoms with E-state index in [2.05, 4.69) is 40.6 Å². The minimum atomic E-state index is 0.553. The second-order valence-corrected chi connectivity index (χ2v) is 4.22. The highest BCUT2D eigenvalue weighted by Gasteiger charge is 2.38. The van der Waals surface area contributed by atoms with Gasteiger partial charge in [-0.05, 0) is 24.1 Å². The summed E-state index contributed by atoms with van der Waals surface area (Å²) in [6.07, 6.45) is 3.03. The molecule has 2 atom stereocenters. The molecule has 1 saturated carbocycles. The summed E-state index contributed by atoms with van der Waals surface area (Å²) < 4.78 is 0. The molecule has 0 saturated heterocycles. The number of nitrogens with one attached hydrogen (secondary N) is 1. The van der Waals surface area contributed by atoms with Gasteiger partial charge in [0.15, 0.2) is 0 Å². The molecule has 2 aromatic rings. The number of aromatic nitrogens is 1. The summed E-state index contributed by atoms with van der Waals surface area (Å²) in [6.45, 7) is 0. The Kier molecular flexibility index (Phi) is 2.33. The third-order valence-corrected chi connectivity index (χ3v) is 3.02. The van der Waals surface area contributed by atoms with Gasteiger partial charge in [-0.3, -0.25) is 0 Å². The van der Waals surface area contributed by atoms with Gasteiger partial charge in [0.2, 0.25) is 0 Å². The molecule has 1 aromatic carbocycles. The van der Waals surface area contributed by atoms with Crippen molar-refractivity contribution >= 4 is 5.82 Å². The smallest absolute Gasteiger partial charge is 0.126 e. The Hall–Kier alpha value is -1.83. The lowest BCUT2D eigenvalue weighted by atomic mass is 10.1. The van der Waals surface area contributed by atoms with Crippen molar-refractivity contribution in [3.05, 3.63) is 60.3 Å². The van der Waals surface area contributed by atoms with Crippen LogP contribution < -0.4 is 5.32 Å². The second kappa shape index (κ2) is 3.97. The first-order valence-corrected chi connectivity index (χ1v) is 5.66. The van der Waals surface area contributed by atoms with Crippen molar-refractivity contribution < 1.29 is 0 Å². The minimum absolute atomic E-state index is 0.553. The van der Waals surface area contributed by atoms with Gasteiger partial charge in [0.1, 0.15) is 5.82 Å². The van der Waals surface area contributed by atoms with Crippen molar-refractivity contribution in [1.82, 2.24) is 4.98 Å². The van der Waals surface area contributed by atoms with Crippen molar-refractivity contribution in [1.29, 1.82) is 0 Å². The van der Waals surface area contributed by atoms with Gasteiger partial charge in [0.25, 0.3) is 0 Å². The summed E-state index contributed by atoms with van der Waals surface area (Å²) in [4.78, 5) is 4.28. The van der Waals surface area contributed by atoms with Crippen LogP contribution in [-0.4, -0.2) is 11.0 Å². The molecule has 0 amide bonds. The van der Waals surface area contributed by atoms with E-state index in [0.717, 1.165) is 5.82 Å². The molecule has 2 heteroatoms. The van der Waals surface area contributed by atoms with Crippen molar-refractivity contribution in [3.63, 3.8) is 0 Å². The van der Waals surface area contributed by atoms with Crippen molar-refractivity contribution in [2.75, 3.05) is 5.32 Å². The quantitative estimate of drug-likeness (QED) is 0.842. The van der Waals surface area contributed by atoms with Crippen molar-refractivity contribution in [2.24, 2.45) is 0 Å². The van der Waals surface area contributed by atoms with Crippen LogP contribution in [-0.2, 0) is 0 Å². The van der Waals surface area contributed by atoms with Crippen LogP contribution in [0.25, 0.3) is 0 Å². The molecular weight excluding hydrogens is 196 g/mol. The molecular formula is C14H14N2. The van der Waals surface area contributed by atoms with E-state index in [1.165, 1.54) is 12.0 Å². The van der Waals surface area contributed by atoms with E-state index < -0.39 is 0 Å². The predicted octanol–water partition coefficient (Wildman–Crippen LogP) is 3.05. The first kappa shape index (κ1) is 9.40. The van der Waals surface area contributed by atoms with E-state index in [1.54, 1.807) is 0 Å². The van der Waals surface area contributed by atoms with E-state index in [1.807, 2.05) is 24.4 Å². The number of rotatable bonds is 3. The highest BCUT2D eigenvalue weighted by Crippen LogP contribution is 2.42. The number of pyridine rings is 1. The normalized spacial score (nSPS) is 22.8. The first-order chi connectivity index (χ1) is 7.93. The third kappa shape index (κ3) is 1.91. The summed E-state index contributed by atoms with van der Waals surface area (Å²) in [5.74, 6) is 1.63. The lowest BCUT2D eigenvalue weighted by Gasteiger charge is -2.04. The maximum absolute atomic E-state index is 4.28. The molecule has 1 aliphatic carbocycles. The molecule has 1 aliphatic rings. The Morgan fingerprint density at radius 1 is 1.00 bits per heavy atom. The molecule has 1 fully saturated rings. The van der Waals surface area contributed by atoms with Gasteiger partial charge in [0.05, 0.1) is 0 Å². The summed E-state index contributed by atoms with van der Waals surface area (Å²) in [7, 11) is 0. The lowest BCUT2D eigenvalue weighted by Crippen LogP contribution is -2.05. The van der Waals surface area contributed by atoms with Crippen LogP contribution in [0.3, 0.4) is 0 Å². The van der Waals surface area contributed by atoms with Crippen molar-refractivity contribution in [3.8, 4) is 0 Å². The molecule has 0 bridgehead atoms. The van der Waals surface area contributed by atoms with Crippen LogP contribution in [0.5, 0.6) is 0 Å². The number of anilines is 1. The fourth-order valence-corrected chi connectivity index (χ4v) is 2.06. The van der Waals surface area contributed by atoms with Crippen molar-refractivity contribution in [2.45, 2.75) is 18.4 Å². The van der Waals surface area contributed by atoms with Gasteiger partial charge in [-0.1, -0.05) is 36.4 Å². The van der Waals surface area contributed by atoms with E-state index in [0.29, 0.717) is 12.0 Å². The van der Waals surface area contributed by atoms with Gasteiger partial charge in [0, 0.05) is 18.2 Å². The van der Waals surface area contributed by atoms with Gasteiger partial charge in [-0.2, -0.15) is 0 Å². The zero-order chi connectivity index (χ0) is 10.8. The molecule has 1 aromatic heterocycles. The van der Waals surface area contributed by atoms with Crippen LogP contribution in [0, 0.1) is 0 Å². The van der Waals surface area contributed by atoms with Crippen LogP contribution in [0.15, 0.2) is 54.7 Å². The molecule has 0 radical (unpaired) electrons. The van der Waals surface area contributed by atoms with Gasteiger partial charge >= 0.3 is 0 Å². The number of hydrogen-bond acceptors (Lipinski definition) is 2. The predicted molar refractivity (Wildman–Crippen MR) is 65.4 cm³/mol. The number of hydrogen-bond donors (Lipinski definition) is 1. The standard InChI is InChI=1S/C14H14N2/c1-2-6-11(7-3-1)12-10-13(12)16-14-8-4-5-9-15-14/h1-9,12-13H,10H2,(H,15,16)/t12-,13+/m0/s1. The maximum atomic E-state index is 4.28. The summed E-state index contributed by atoms with van der Waals surface area (Å²) in [5, 5.41) is 3.45. The third-order valence-electron chi connectivity index (χ3n) is 3.02. The molecule has 0 aliphatic heterocycles. The molecule has 1 heterocycles. The van der Waals surface area contributed by atoms with E-state index in [-0.39, 0.29) is 0 Å². The van der Waals surface area contributed by atoms with Crippen LogP contribution in [0.2, 0.25) is 0 Å². The van der Waals surface area contributed by atoms with E-state index >= 15 is 0 Å². The number of nitrogens with zero attached hydrogens (tertiary/aromatic N) is 1. The molecule has 80 valence electrons. The average molecular weight is 210 g/mol. The SMILES string of the molecule is c1ccc([C@@H]2C[C@H]2Nc2ccccn2)cc1. The zero-order valence-corrected chi connectivity index (χ0v) is 9.01. The Morgan fingerprint density at radius 2 is 1.81 bits per heavy atom. The summed E-state index contributed by atoms with van der Waals surface area (Å²) in [5.41, 5.74) is 1.43. The minimum Gasteiger partial charge on any atom is -0.367 e. The monoisotopic (exact) mass is 210 g/mol. The Morgan fingerprint density at radius 3 is 2.56 bits per heavy atom. The molecule has 0 unspecified atom stereocenters. The topological polar surface area (TPSA) is 24.9 Å². The Labute approximate surface area is 95.3 Å². The molecule has 0 spiro atoms. The van der Waals surface area contributed by atoms with Crippen LogP contribution in [0.4, 0.5) is 5.82 Å². The van der Waals surface area contributed by atoms with E-state index in [4.69, 9.17) is 0 Å². The van der Waals surface area contributed by atoms with Gasteiger partial charge in [-0.25, -0.2) is 4.98 Å². The fraction of sp³-hybridized carbons (Fsp3) is 0.214. The van der Waals surface area contributed by atoms with Crippen LogP contribution >= 0.6 is 0 Å². The maximum Gasteiger partial charge on any atom is 0.126 e. The first-order valence-electron chi connectivity index (χ1n) is 5.66. The molecule has 1 N–H and O–H groups in total. The van der Waals surface area contributed by atoms with E-state index in [9.17, 15) is 0 Å². The average Bonchev–Trinajstić information content (AvgIpc) is 3.11. The number of benzene rings is 1. The highest BCUT2D eigenvalue weighted by molar-refractivity contribution is 5.41. The summed E-state index contributed by atoms with van der Waals surface area (Å²) in [6, 6.07) is 17.2. The van der Waals surface area contributed by atoms with Crippen LogP contribution in [0.1, 0.15) is 17.9 Å². The second-order valence-electron chi connectivity index (χ2n) is 4.22. The molecule has 3 rings (SSSR count). The Balaban J connectivity index is 1.65. The Bertz CT molecular complexity index is 453. The summed E-state index contributed by atoms with van der Waals surface area (Å²) >= 11 is 0. The van der Waals surface area contributed by atoms with Gasteiger partial charge < -0.3 is 5.32 Å². The zero-order valence-electron chi connectivity index (χ0n) is 9.01. The molecule has 2 nitrogen and oxygen atoms in total.